The third-order valence-electron chi connectivity index (χ3n) is 1.65. The first-order chi connectivity index (χ1) is 5.69. The van der Waals surface area contributed by atoms with Crippen molar-refractivity contribution in [1.82, 2.24) is 0 Å². The molecule has 0 N–H and O–H groups in total. The van der Waals surface area contributed by atoms with Gasteiger partial charge in [-0.2, -0.15) is 0 Å². The maximum atomic E-state index is 12.7. The van der Waals surface area contributed by atoms with Gasteiger partial charge in [-0.3, -0.25) is 4.79 Å². The molecule has 1 aromatic carbocycles. The summed E-state index contributed by atoms with van der Waals surface area (Å²) in [6.07, 6.45) is 0.898. The van der Waals surface area contributed by atoms with Gasteiger partial charge in [-0.05, 0) is 24.1 Å². The highest BCUT2D eigenvalue weighted by Crippen LogP contribution is 2.13. The first-order valence-electron chi connectivity index (χ1n) is 3.62. The van der Waals surface area contributed by atoms with Crippen LogP contribution in [0.2, 0.25) is 0 Å². The number of hydrogen-bond donors (Lipinski definition) is 0. The van der Waals surface area contributed by atoms with Crippen molar-refractivity contribution in [3.05, 3.63) is 34.9 Å². The van der Waals surface area contributed by atoms with E-state index < -0.39 is 11.6 Å². The van der Waals surface area contributed by atoms with Gasteiger partial charge in [-0.25, -0.2) is 8.78 Å². The maximum absolute atomic E-state index is 12.7. The summed E-state index contributed by atoms with van der Waals surface area (Å²) in [6, 6.07) is 2.45. The molecule has 0 aliphatic rings. The van der Waals surface area contributed by atoms with Gasteiger partial charge in [0, 0.05) is 0 Å². The lowest BCUT2D eigenvalue weighted by Crippen LogP contribution is -1.95. The van der Waals surface area contributed by atoms with E-state index >= 15 is 0 Å². The lowest BCUT2D eigenvalue weighted by Gasteiger charge is -2.00. The molecule has 0 aliphatic carbocycles. The van der Waals surface area contributed by atoms with Gasteiger partial charge in [-0.1, -0.05) is 6.92 Å². The van der Waals surface area contributed by atoms with E-state index in [-0.39, 0.29) is 5.56 Å². The van der Waals surface area contributed by atoms with Gasteiger partial charge in [0.25, 0.3) is 0 Å². The predicted octanol–water partition coefficient (Wildman–Crippen LogP) is 2.34. The van der Waals surface area contributed by atoms with E-state index in [1.807, 2.05) is 0 Å². The lowest BCUT2D eigenvalue weighted by molar-refractivity contribution is 0.111. The fourth-order valence-corrected chi connectivity index (χ4v) is 0.959. The number of halogens is 2. The normalized spacial score (nSPS) is 9.92. The third-order valence-corrected chi connectivity index (χ3v) is 1.65. The number of aldehydes is 1. The molecule has 1 aromatic rings. The summed E-state index contributed by atoms with van der Waals surface area (Å²) in [6.45, 7) is 1.81. The predicted molar refractivity (Wildman–Crippen MR) is 41.1 cm³/mol. The fraction of sp³-hybridized carbons (Fsp3) is 0.222. The van der Waals surface area contributed by atoms with Crippen LogP contribution in [0.25, 0.3) is 0 Å². The van der Waals surface area contributed by atoms with E-state index in [4.69, 9.17) is 0 Å². The van der Waals surface area contributed by atoms with Crippen molar-refractivity contribution in [3.63, 3.8) is 0 Å². The van der Waals surface area contributed by atoms with Crippen LogP contribution in [0, 0.1) is 11.6 Å². The minimum atomic E-state index is -1.07. The number of hydrogen-bond acceptors (Lipinski definition) is 1. The van der Waals surface area contributed by atoms with Crippen LogP contribution in [-0.4, -0.2) is 6.29 Å². The minimum Gasteiger partial charge on any atom is -0.298 e. The average molecular weight is 170 g/mol. The standard InChI is InChI=1S/C9H8F2O/c1-2-6-3-7(5-12)9(11)8(10)4-6/h3-5H,2H2,1H3. The lowest BCUT2D eigenvalue weighted by atomic mass is 10.1. The molecule has 0 atom stereocenters. The van der Waals surface area contributed by atoms with Crippen LogP contribution < -0.4 is 0 Å². The zero-order valence-electron chi connectivity index (χ0n) is 6.60. The van der Waals surface area contributed by atoms with Gasteiger partial charge in [0.15, 0.2) is 17.9 Å². The zero-order chi connectivity index (χ0) is 9.14. The molecule has 3 heteroatoms. The highest BCUT2D eigenvalue weighted by Gasteiger charge is 2.08. The molecule has 0 fully saturated rings. The number of rotatable bonds is 2. The van der Waals surface area contributed by atoms with E-state index in [0.29, 0.717) is 18.3 Å². The van der Waals surface area contributed by atoms with Crippen LogP contribution in [0.15, 0.2) is 12.1 Å². The summed E-state index contributed by atoms with van der Waals surface area (Å²) in [5, 5.41) is 0. The van der Waals surface area contributed by atoms with Crippen molar-refractivity contribution in [3.8, 4) is 0 Å². The Hall–Kier alpha value is -1.25. The van der Waals surface area contributed by atoms with E-state index in [2.05, 4.69) is 0 Å². The van der Waals surface area contributed by atoms with Crippen molar-refractivity contribution < 1.29 is 13.6 Å². The Morgan fingerprint density at radius 1 is 1.42 bits per heavy atom. The topological polar surface area (TPSA) is 17.1 Å². The number of carbonyl (C=O) groups is 1. The van der Waals surface area contributed by atoms with Crippen LogP contribution in [-0.2, 0) is 6.42 Å². The molecule has 1 rings (SSSR count). The summed E-state index contributed by atoms with van der Waals surface area (Å²) < 4.78 is 25.4. The van der Waals surface area contributed by atoms with E-state index in [1.165, 1.54) is 6.07 Å². The van der Waals surface area contributed by atoms with Crippen LogP contribution in [0.4, 0.5) is 8.78 Å². The molecule has 0 heterocycles. The molecule has 0 aliphatic heterocycles. The molecule has 0 radical (unpaired) electrons. The molecule has 0 bridgehead atoms. The SMILES string of the molecule is CCc1cc(F)c(F)c(C=O)c1. The number of carbonyl (C=O) groups excluding carboxylic acids is 1. The summed E-state index contributed by atoms with van der Waals surface area (Å²) >= 11 is 0. The van der Waals surface area contributed by atoms with Crippen molar-refractivity contribution >= 4 is 6.29 Å². The quantitative estimate of drug-likeness (QED) is 0.622. The highest BCUT2D eigenvalue weighted by molar-refractivity contribution is 5.75. The zero-order valence-corrected chi connectivity index (χ0v) is 6.60. The molecular formula is C9H8F2O. The number of aryl methyl sites for hydroxylation is 1. The second-order valence-electron chi connectivity index (χ2n) is 2.45. The van der Waals surface area contributed by atoms with Crippen molar-refractivity contribution in [1.29, 1.82) is 0 Å². The van der Waals surface area contributed by atoms with Gasteiger partial charge in [-0.15, -0.1) is 0 Å². The number of benzene rings is 1. The van der Waals surface area contributed by atoms with Crippen molar-refractivity contribution in [2.24, 2.45) is 0 Å². The third kappa shape index (κ3) is 1.49. The molecule has 1 nitrogen and oxygen atoms in total. The average Bonchev–Trinajstić information content (AvgIpc) is 2.09. The first kappa shape index (κ1) is 8.84. The second-order valence-corrected chi connectivity index (χ2v) is 2.45. The molecule has 64 valence electrons. The molecule has 12 heavy (non-hydrogen) atoms. The Labute approximate surface area is 69.0 Å². The monoisotopic (exact) mass is 170 g/mol. The second kappa shape index (κ2) is 3.43. The molecular weight excluding hydrogens is 162 g/mol. The Morgan fingerprint density at radius 3 is 2.58 bits per heavy atom. The Kier molecular flexibility index (Phi) is 2.53. The van der Waals surface area contributed by atoms with Gasteiger partial charge in [0.1, 0.15) is 0 Å². The molecule has 0 saturated carbocycles. The highest BCUT2D eigenvalue weighted by atomic mass is 19.2. The molecule has 0 unspecified atom stereocenters. The van der Waals surface area contributed by atoms with Gasteiger partial charge < -0.3 is 0 Å². The molecule has 0 aromatic heterocycles. The van der Waals surface area contributed by atoms with Gasteiger partial charge in [0.2, 0.25) is 0 Å². The van der Waals surface area contributed by atoms with Crippen LogP contribution in [0.1, 0.15) is 22.8 Å². The largest absolute Gasteiger partial charge is 0.298 e. The molecule has 0 saturated heterocycles. The smallest absolute Gasteiger partial charge is 0.169 e. The fourth-order valence-electron chi connectivity index (χ4n) is 0.959. The van der Waals surface area contributed by atoms with Crippen LogP contribution >= 0.6 is 0 Å². The van der Waals surface area contributed by atoms with E-state index in [9.17, 15) is 13.6 Å². The summed E-state index contributed by atoms with van der Waals surface area (Å²) in [5.41, 5.74) is 0.405. The Bertz CT molecular complexity index is 308. The van der Waals surface area contributed by atoms with Crippen LogP contribution in [0.5, 0.6) is 0 Å². The maximum Gasteiger partial charge on any atom is 0.169 e. The van der Waals surface area contributed by atoms with Crippen LogP contribution in [0.3, 0.4) is 0 Å². The van der Waals surface area contributed by atoms with Crippen molar-refractivity contribution in [2.75, 3.05) is 0 Å². The summed E-state index contributed by atoms with van der Waals surface area (Å²) in [5.74, 6) is -2.03. The summed E-state index contributed by atoms with van der Waals surface area (Å²) in [7, 11) is 0. The first-order valence-corrected chi connectivity index (χ1v) is 3.62. The molecule has 0 spiro atoms. The summed E-state index contributed by atoms with van der Waals surface area (Å²) in [4.78, 5) is 10.2. The van der Waals surface area contributed by atoms with E-state index in [0.717, 1.165) is 6.07 Å². The van der Waals surface area contributed by atoms with Gasteiger partial charge >= 0.3 is 0 Å². The van der Waals surface area contributed by atoms with E-state index in [1.54, 1.807) is 6.92 Å². The Morgan fingerprint density at radius 2 is 2.08 bits per heavy atom. The Balaban J connectivity index is 3.28. The van der Waals surface area contributed by atoms with Crippen molar-refractivity contribution in [2.45, 2.75) is 13.3 Å². The minimum absolute atomic E-state index is 0.216. The molecule has 0 amide bonds. The van der Waals surface area contributed by atoms with Gasteiger partial charge in [0.05, 0.1) is 5.56 Å².